The molecule has 15 heavy (non-hydrogen) atoms. The Morgan fingerprint density at radius 2 is 2.13 bits per heavy atom. The minimum absolute atomic E-state index is 0.128. The Balaban J connectivity index is 3.05. The largest absolute Gasteiger partial charge is 0.352 e. The van der Waals surface area contributed by atoms with Crippen LogP contribution < -0.4 is 5.32 Å². The molecule has 0 spiro atoms. The maximum atomic E-state index is 13.3. The van der Waals surface area contributed by atoms with E-state index in [-0.39, 0.29) is 11.5 Å². The molecule has 0 unspecified atom stereocenters. The van der Waals surface area contributed by atoms with E-state index in [1.807, 2.05) is 20.8 Å². The zero-order chi connectivity index (χ0) is 11.4. The topological polar surface area (TPSA) is 29.1 Å². The van der Waals surface area contributed by atoms with Crippen LogP contribution in [0.5, 0.6) is 0 Å². The second-order valence-corrected chi connectivity index (χ2v) is 3.75. The van der Waals surface area contributed by atoms with Gasteiger partial charge in [-0.05, 0) is 30.5 Å². The van der Waals surface area contributed by atoms with Gasteiger partial charge in [0.15, 0.2) is 0 Å². The predicted octanol–water partition coefficient (Wildman–Crippen LogP) is 2.70. The normalized spacial score (nSPS) is 10.5. The molecule has 0 fully saturated rings. The fourth-order valence-electron chi connectivity index (χ4n) is 1.33. The molecule has 0 aliphatic rings. The standard InChI is InChI=1S/C12H16FNO/c1-4-14-12(15)10-7-9(8(2)3)5-6-11(10)13/h5-8H,4H2,1-3H3,(H,14,15). The van der Waals surface area contributed by atoms with Crippen LogP contribution in [0, 0.1) is 5.82 Å². The van der Waals surface area contributed by atoms with E-state index in [2.05, 4.69) is 5.32 Å². The fourth-order valence-corrected chi connectivity index (χ4v) is 1.33. The molecule has 0 aromatic heterocycles. The van der Waals surface area contributed by atoms with Crippen LogP contribution in [0.15, 0.2) is 18.2 Å². The Hall–Kier alpha value is -1.38. The van der Waals surface area contributed by atoms with Crippen molar-refractivity contribution in [3.63, 3.8) is 0 Å². The van der Waals surface area contributed by atoms with Crippen LogP contribution in [0.3, 0.4) is 0 Å². The quantitative estimate of drug-likeness (QED) is 0.814. The molecule has 1 amide bonds. The summed E-state index contributed by atoms with van der Waals surface area (Å²) in [6.07, 6.45) is 0. The van der Waals surface area contributed by atoms with Crippen molar-refractivity contribution in [2.45, 2.75) is 26.7 Å². The van der Waals surface area contributed by atoms with E-state index in [0.29, 0.717) is 12.5 Å². The Labute approximate surface area is 89.5 Å². The molecule has 0 saturated heterocycles. The molecule has 0 aliphatic carbocycles. The number of carbonyl (C=O) groups is 1. The maximum Gasteiger partial charge on any atom is 0.254 e. The smallest absolute Gasteiger partial charge is 0.254 e. The molecular formula is C12H16FNO. The second kappa shape index (κ2) is 4.91. The highest BCUT2D eigenvalue weighted by Crippen LogP contribution is 2.18. The molecule has 1 rings (SSSR count). The number of rotatable bonds is 3. The van der Waals surface area contributed by atoms with Crippen LogP contribution in [0.2, 0.25) is 0 Å². The Bertz CT molecular complexity index is 361. The first kappa shape index (κ1) is 11.7. The molecular weight excluding hydrogens is 193 g/mol. The number of hydrogen-bond acceptors (Lipinski definition) is 1. The Morgan fingerprint density at radius 3 is 2.67 bits per heavy atom. The third-order valence-electron chi connectivity index (χ3n) is 2.24. The molecule has 1 N–H and O–H groups in total. The lowest BCUT2D eigenvalue weighted by Gasteiger charge is -2.09. The van der Waals surface area contributed by atoms with Crippen LogP contribution in [0.25, 0.3) is 0 Å². The first-order valence-electron chi connectivity index (χ1n) is 5.14. The lowest BCUT2D eigenvalue weighted by molar-refractivity contribution is 0.0951. The summed E-state index contributed by atoms with van der Waals surface area (Å²) in [6, 6.07) is 4.67. The van der Waals surface area contributed by atoms with E-state index in [1.54, 1.807) is 12.1 Å². The number of hydrogen-bond donors (Lipinski definition) is 1. The van der Waals surface area contributed by atoms with Crippen LogP contribution in [-0.2, 0) is 0 Å². The van der Waals surface area contributed by atoms with Crippen molar-refractivity contribution >= 4 is 5.91 Å². The average Bonchev–Trinajstić information content (AvgIpc) is 2.18. The van der Waals surface area contributed by atoms with Gasteiger partial charge in [-0.3, -0.25) is 4.79 Å². The molecule has 82 valence electrons. The van der Waals surface area contributed by atoms with Gasteiger partial charge in [-0.1, -0.05) is 19.9 Å². The van der Waals surface area contributed by atoms with Crippen molar-refractivity contribution in [1.82, 2.24) is 5.32 Å². The summed E-state index contributed by atoms with van der Waals surface area (Å²) in [5.74, 6) is -0.526. The Kier molecular flexibility index (Phi) is 3.83. The van der Waals surface area contributed by atoms with Crippen molar-refractivity contribution < 1.29 is 9.18 Å². The minimum Gasteiger partial charge on any atom is -0.352 e. The lowest BCUT2D eigenvalue weighted by atomic mass is 10.0. The third kappa shape index (κ3) is 2.78. The van der Waals surface area contributed by atoms with E-state index in [0.717, 1.165) is 5.56 Å². The van der Waals surface area contributed by atoms with Crippen LogP contribution in [0.1, 0.15) is 42.6 Å². The molecule has 0 heterocycles. The van der Waals surface area contributed by atoms with Crippen molar-refractivity contribution in [3.05, 3.63) is 35.1 Å². The average molecular weight is 209 g/mol. The van der Waals surface area contributed by atoms with E-state index in [4.69, 9.17) is 0 Å². The number of nitrogens with one attached hydrogen (secondary N) is 1. The Morgan fingerprint density at radius 1 is 1.47 bits per heavy atom. The summed E-state index contributed by atoms with van der Waals surface area (Å²) in [5, 5.41) is 2.59. The second-order valence-electron chi connectivity index (χ2n) is 3.75. The van der Waals surface area contributed by atoms with Gasteiger partial charge in [0, 0.05) is 6.54 Å². The molecule has 1 aromatic carbocycles. The molecule has 0 bridgehead atoms. The first-order valence-corrected chi connectivity index (χ1v) is 5.14. The first-order chi connectivity index (χ1) is 7.06. The van der Waals surface area contributed by atoms with Gasteiger partial charge in [0.2, 0.25) is 0 Å². The summed E-state index contributed by atoms with van der Waals surface area (Å²) >= 11 is 0. The number of halogens is 1. The van der Waals surface area contributed by atoms with Gasteiger partial charge in [-0.15, -0.1) is 0 Å². The molecule has 2 nitrogen and oxygen atoms in total. The van der Waals surface area contributed by atoms with Crippen molar-refractivity contribution in [1.29, 1.82) is 0 Å². The third-order valence-corrected chi connectivity index (χ3v) is 2.24. The van der Waals surface area contributed by atoms with Gasteiger partial charge < -0.3 is 5.32 Å². The molecule has 0 atom stereocenters. The minimum atomic E-state index is -0.467. The molecule has 0 aliphatic heterocycles. The molecule has 1 aromatic rings. The zero-order valence-corrected chi connectivity index (χ0v) is 9.30. The van der Waals surface area contributed by atoms with Gasteiger partial charge in [0.05, 0.1) is 5.56 Å². The summed E-state index contributed by atoms with van der Waals surface area (Å²) in [6.45, 7) is 6.33. The summed E-state index contributed by atoms with van der Waals surface area (Å²) in [5.41, 5.74) is 1.10. The number of benzene rings is 1. The van der Waals surface area contributed by atoms with E-state index in [9.17, 15) is 9.18 Å². The van der Waals surface area contributed by atoms with Crippen molar-refractivity contribution in [2.24, 2.45) is 0 Å². The van der Waals surface area contributed by atoms with Gasteiger partial charge in [-0.2, -0.15) is 0 Å². The zero-order valence-electron chi connectivity index (χ0n) is 9.30. The van der Waals surface area contributed by atoms with Gasteiger partial charge in [0.25, 0.3) is 5.91 Å². The molecule has 0 radical (unpaired) electrons. The van der Waals surface area contributed by atoms with Crippen LogP contribution >= 0.6 is 0 Å². The SMILES string of the molecule is CCNC(=O)c1cc(C(C)C)ccc1F. The highest BCUT2D eigenvalue weighted by atomic mass is 19.1. The molecule has 0 saturated carbocycles. The van der Waals surface area contributed by atoms with E-state index >= 15 is 0 Å². The highest BCUT2D eigenvalue weighted by Gasteiger charge is 2.12. The number of carbonyl (C=O) groups excluding carboxylic acids is 1. The summed E-state index contributed by atoms with van der Waals surface area (Å²) < 4.78 is 13.3. The predicted molar refractivity (Wildman–Crippen MR) is 58.5 cm³/mol. The molecule has 3 heteroatoms. The van der Waals surface area contributed by atoms with Gasteiger partial charge in [0.1, 0.15) is 5.82 Å². The lowest BCUT2D eigenvalue weighted by Crippen LogP contribution is -2.23. The van der Waals surface area contributed by atoms with Crippen LogP contribution in [0.4, 0.5) is 4.39 Å². The summed E-state index contributed by atoms with van der Waals surface area (Å²) in [4.78, 5) is 11.5. The summed E-state index contributed by atoms with van der Waals surface area (Å²) in [7, 11) is 0. The van der Waals surface area contributed by atoms with Crippen molar-refractivity contribution in [3.8, 4) is 0 Å². The number of amides is 1. The van der Waals surface area contributed by atoms with Crippen LogP contribution in [-0.4, -0.2) is 12.5 Å². The van der Waals surface area contributed by atoms with Gasteiger partial charge >= 0.3 is 0 Å². The monoisotopic (exact) mass is 209 g/mol. The van der Waals surface area contributed by atoms with Crippen molar-refractivity contribution in [2.75, 3.05) is 6.54 Å². The fraction of sp³-hybridized carbons (Fsp3) is 0.417. The maximum absolute atomic E-state index is 13.3. The highest BCUT2D eigenvalue weighted by molar-refractivity contribution is 5.94. The van der Waals surface area contributed by atoms with E-state index < -0.39 is 5.82 Å². The van der Waals surface area contributed by atoms with Gasteiger partial charge in [-0.25, -0.2) is 4.39 Å². The van der Waals surface area contributed by atoms with E-state index in [1.165, 1.54) is 6.07 Å².